The van der Waals surface area contributed by atoms with Crippen LogP contribution in [0.4, 0.5) is 0 Å². The fourth-order valence-corrected chi connectivity index (χ4v) is 1.42. The molecule has 2 nitrogen and oxygen atoms in total. The molecule has 0 bridgehead atoms. The summed E-state index contributed by atoms with van der Waals surface area (Å²) in [5, 5.41) is 3.42. The van der Waals surface area contributed by atoms with Gasteiger partial charge >= 0.3 is 0 Å². The summed E-state index contributed by atoms with van der Waals surface area (Å²) >= 11 is 0. The molecule has 1 atom stereocenters. The van der Waals surface area contributed by atoms with Crippen LogP contribution in [-0.2, 0) is 0 Å². The molecule has 10 heavy (non-hydrogen) atoms. The van der Waals surface area contributed by atoms with Gasteiger partial charge in [0.1, 0.15) is 0 Å². The van der Waals surface area contributed by atoms with Crippen molar-refractivity contribution in [2.24, 2.45) is 11.7 Å². The normalized spacial score (nSPS) is 35.1. The lowest BCUT2D eigenvalue weighted by Crippen LogP contribution is -2.44. The molecule has 0 aromatic rings. The van der Waals surface area contributed by atoms with Crippen molar-refractivity contribution >= 4 is 0 Å². The van der Waals surface area contributed by atoms with E-state index < -0.39 is 0 Å². The Morgan fingerprint density at radius 1 is 1.60 bits per heavy atom. The van der Waals surface area contributed by atoms with Crippen molar-refractivity contribution in [2.75, 3.05) is 6.54 Å². The van der Waals surface area contributed by atoms with Gasteiger partial charge in [0, 0.05) is 18.6 Å². The van der Waals surface area contributed by atoms with E-state index in [4.69, 9.17) is 5.73 Å². The number of hydrogen-bond acceptors (Lipinski definition) is 2. The monoisotopic (exact) mass is 142 g/mol. The first-order valence-electron chi connectivity index (χ1n) is 4.17. The van der Waals surface area contributed by atoms with Gasteiger partial charge in [-0.15, -0.1) is 0 Å². The fraction of sp³-hybridized carbons (Fsp3) is 1.00. The van der Waals surface area contributed by atoms with Gasteiger partial charge in [-0.25, -0.2) is 0 Å². The Balaban J connectivity index is 1.95. The van der Waals surface area contributed by atoms with Crippen molar-refractivity contribution in [1.29, 1.82) is 0 Å². The van der Waals surface area contributed by atoms with E-state index >= 15 is 0 Å². The van der Waals surface area contributed by atoms with E-state index in [0.717, 1.165) is 18.5 Å². The molecule has 60 valence electrons. The largest absolute Gasteiger partial charge is 0.327 e. The minimum absolute atomic E-state index is 0.302. The molecule has 0 aromatic carbocycles. The number of nitrogens with two attached hydrogens (primary N) is 1. The Labute approximate surface area is 63.2 Å². The van der Waals surface area contributed by atoms with E-state index in [0.29, 0.717) is 6.04 Å². The first kappa shape index (κ1) is 8.02. The van der Waals surface area contributed by atoms with Crippen LogP contribution in [0.15, 0.2) is 0 Å². The zero-order valence-electron chi connectivity index (χ0n) is 6.93. The minimum atomic E-state index is 0.302. The van der Waals surface area contributed by atoms with Crippen LogP contribution in [0, 0.1) is 5.92 Å². The second-order valence-electron chi connectivity index (χ2n) is 3.66. The molecule has 2 heteroatoms. The van der Waals surface area contributed by atoms with Gasteiger partial charge < -0.3 is 11.1 Å². The van der Waals surface area contributed by atoms with E-state index in [9.17, 15) is 0 Å². The average Bonchev–Trinajstić information content (AvgIpc) is 1.77. The fourth-order valence-electron chi connectivity index (χ4n) is 1.42. The summed E-state index contributed by atoms with van der Waals surface area (Å²) in [5.41, 5.74) is 5.59. The second kappa shape index (κ2) is 3.35. The lowest BCUT2D eigenvalue weighted by atomic mass is 9.82. The third-order valence-electron chi connectivity index (χ3n) is 2.10. The lowest BCUT2D eigenvalue weighted by molar-refractivity contribution is 0.239. The number of rotatable bonds is 3. The van der Waals surface area contributed by atoms with E-state index in [1.54, 1.807) is 0 Å². The van der Waals surface area contributed by atoms with Crippen molar-refractivity contribution < 1.29 is 0 Å². The highest BCUT2D eigenvalue weighted by Gasteiger charge is 2.24. The van der Waals surface area contributed by atoms with Gasteiger partial charge in [0.25, 0.3) is 0 Å². The first-order chi connectivity index (χ1) is 4.68. The summed E-state index contributed by atoms with van der Waals surface area (Å²) in [6.07, 6.45) is 2.68. The van der Waals surface area contributed by atoms with Gasteiger partial charge in [-0.1, -0.05) is 6.92 Å². The van der Waals surface area contributed by atoms with Crippen LogP contribution in [0.3, 0.4) is 0 Å². The van der Waals surface area contributed by atoms with Crippen molar-refractivity contribution in [3.05, 3.63) is 0 Å². The Morgan fingerprint density at radius 3 is 2.60 bits per heavy atom. The quantitative estimate of drug-likeness (QED) is 0.609. The predicted molar refractivity (Wildman–Crippen MR) is 43.8 cm³/mol. The summed E-state index contributed by atoms with van der Waals surface area (Å²) in [7, 11) is 0. The maximum Gasteiger partial charge on any atom is 0.0136 e. The van der Waals surface area contributed by atoms with Gasteiger partial charge in [0.2, 0.25) is 0 Å². The zero-order valence-corrected chi connectivity index (χ0v) is 6.93. The highest BCUT2D eigenvalue weighted by Crippen LogP contribution is 2.25. The molecule has 0 aromatic heterocycles. The average molecular weight is 142 g/mol. The van der Waals surface area contributed by atoms with Crippen LogP contribution >= 0.6 is 0 Å². The summed E-state index contributed by atoms with van der Waals surface area (Å²) < 4.78 is 0. The number of nitrogens with one attached hydrogen (secondary N) is 1. The van der Waals surface area contributed by atoms with Crippen molar-refractivity contribution in [3.8, 4) is 0 Å². The zero-order chi connectivity index (χ0) is 7.56. The van der Waals surface area contributed by atoms with Crippen molar-refractivity contribution in [3.63, 3.8) is 0 Å². The van der Waals surface area contributed by atoms with E-state index in [1.807, 2.05) is 6.92 Å². The molecule has 1 aliphatic rings. The van der Waals surface area contributed by atoms with Crippen LogP contribution < -0.4 is 11.1 Å². The molecule has 1 saturated carbocycles. The van der Waals surface area contributed by atoms with Gasteiger partial charge in [-0.2, -0.15) is 0 Å². The Hall–Kier alpha value is -0.0800. The second-order valence-corrected chi connectivity index (χ2v) is 3.66. The summed E-state index contributed by atoms with van der Waals surface area (Å²) in [6, 6.07) is 1.07. The van der Waals surface area contributed by atoms with Crippen LogP contribution in [0.1, 0.15) is 26.7 Å². The third kappa shape index (κ3) is 2.27. The smallest absolute Gasteiger partial charge is 0.0136 e. The van der Waals surface area contributed by atoms with E-state index in [2.05, 4.69) is 12.2 Å². The Kier molecular flexibility index (Phi) is 2.69. The highest BCUT2D eigenvalue weighted by atomic mass is 14.9. The maximum absolute atomic E-state index is 5.59. The molecular formula is C8H18N2. The summed E-state index contributed by atoms with van der Waals surface area (Å²) in [4.78, 5) is 0. The van der Waals surface area contributed by atoms with E-state index in [1.165, 1.54) is 12.8 Å². The molecule has 0 heterocycles. The Bertz CT molecular complexity index is 95.4. The van der Waals surface area contributed by atoms with Crippen molar-refractivity contribution in [1.82, 2.24) is 5.32 Å². The summed E-state index contributed by atoms with van der Waals surface area (Å²) in [5.74, 6) is 0.936. The summed E-state index contributed by atoms with van der Waals surface area (Å²) in [6.45, 7) is 5.30. The van der Waals surface area contributed by atoms with Crippen LogP contribution in [0.5, 0.6) is 0 Å². The first-order valence-corrected chi connectivity index (χ1v) is 4.17. The van der Waals surface area contributed by atoms with Gasteiger partial charge in [-0.3, -0.25) is 0 Å². The number of hydrogen-bond donors (Lipinski definition) is 2. The third-order valence-corrected chi connectivity index (χ3v) is 2.10. The molecule has 3 N–H and O–H groups in total. The van der Waals surface area contributed by atoms with Crippen LogP contribution in [0.25, 0.3) is 0 Å². The standard InChI is InChI=1S/C8H18N2/c1-6-3-8(4-6)10-5-7(2)9/h6-8,10H,3-5,9H2,1-2H3. The topological polar surface area (TPSA) is 38.0 Å². The molecule has 0 radical (unpaired) electrons. The molecule has 1 fully saturated rings. The molecule has 1 aliphatic carbocycles. The molecule has 0 amide bonds. The van der Waals surface area contributed by atoms with Gasteiger partial charge in [-0.05, 0) is 25.7 Å². The molecule has 1 rings (SSSR count). The molecule has 1 unspecified atom stereocenters. The van der Waals surface area contributed by atoms with Crippen LogP contribution in [-0.4, -0.2) is 18.6 Å². The Morgan fingerprint density at radius 2 is 2.20 bits per heavy atom. The molecule has 0 saturated heterocycles. The highest BCUT2D eigenvalue weighted by molar-refractivity contribution is 4.82. The van der Waals surface area contributed by atoms with Crippen LogP contribution in [0.2, 0.25) is 0 Å². The van der Waals surface area contributed by atoms with Crippen molar-refractivity contribution in [2.45, 2.75) is 38.8 Å². The maximum atomic E-state index is 5.59. The predicted octanol–water partition coefficient (Wildman–Crippen LogP) is 0.722. The molecule has 0 spiro atoms. The van der Waals surface area contributed by atoms with E-state index in [-0.39, 0.29) is 0 Å². The SMILES string of the molecule is CC(N)CNC1CC(C)C1. The molecular weight excluding hydrogens is 124 g/mol. The molecule has 0 aliphatic heterocycles. The van der Waals surface area contributed by atoms with Gasteiger partial charge in [0.05, 0.1) is 0 Å². The minimum Gasteiger partial charge on any atom is -0.327 e. The van der Waals surface area contributed by atoms with Gasteiger partial charge in [0.15, 0.2) is 0 Å². The lowest BCUT2D eigenvalue weighted by Gasteiger charge is -2.33.